The number of carbonyl (C=O) groups is 3. The molecule has 0 bridgehead atoms. The number of imide groups is 1. The van der Waals surface area contributed by atoms with E-state index in [1.807, 2.05) is 12.1 Å². The summed E-state index contributed by atoms with van der Waals surface area (Å²) in [4.78, 5) is 48.5. The maximum absolute atomic E-state index is 12.6. The highest BCUT2D eigenvalue weighted by Crippen LogP contribution is 2.33. The Hall–Kier alpha value is -3.46. The maximum Gasteiger partial charge on any atom is 0.294 e. The Morgan fingerprint density at radius 3 is 2.47 bits per heavy atom. The third-order valence-electron chi connectivity index (χ3n) is 4.46. The Morgan fingerprint density at radius 2 is 1.83 bits per heavy atom. The molecule has 2 aromatic rings. The van der Waals surface area contributed by atoms with Crippen molar-refractivity contribution >= 4 is 46.3 Å². The smallest absolute Gasteiger partial charge is 0.294 e. The van der Waals surface area contributed by atoms with E-state index in [-0.39, 0.29) is 16.2 Å². The van der Waals surface area contributed by atoms with Crippen molar-refractivity contribution < 1.29 is 19.3 Å². The zero-order valence-electron chi connectivity index (χ0n) is 16.3. The minimum Gasteiger partial charge on any atom is -0.325 e. The highest BCUT2D eigenvalue weighted by atomic mass is 32.2. The number of benzene rings is 2. The number of amides is 3. The second-order valence-corrected chi connectivity index (χ2v) is 7.90. The molecule has 30 heavy (non-hydrogen) atoms. The van der Waals surface area contributed by atoms with Gasteiger partial charge in [0.15, 0.2) is 0 Å². The Labute approximate surface area is 177 Å². The number of nitro groups is 1. The summed E-state index contributed by atoms with van der Waals surface area (Å²) < 4.78 is 0. The van der Waals surface area contributed by atoms with E-state index in [0.29, 0.717) is 23.4 Å². The van der Waals surface area contributed by atoms with E-state index >= 15 is 0 Å². The van der Waals surface area contributed by atoms with Gasteiger partial charge in [0, 0.05) is 11.8 Å². The minimum atomic E-state index is -0.659. The highest BCUT2D eigenvalue weighted by molar-refractivity contribution is 8.18. The van der Waals surface area contributed by atoms with Gasteiger partial charge in [-0.25, -0.2) is 0 Å². The minimum absolute atomic E-state index is 0.0309. The zero-order valence-corrected chi connectivity index (χ0v) is 17.1. The summed E-state index contributed by atoms with van der Waals surface area (Å²) in [7, 11) is 0. The van der Waals surface area contributed by atoms with Crippen LogP contribution >= 0.6 is 11.8 Å². The highest BCUT2D eigenvalue weighted by Gasteiger charge is 2.36. The zero-order chi connectivity index (χ0) is 21.8. The molecule has 1 aliphatic rings. The molecule has 1 fully saturated rings. The van der Waals surface area contributed by atoms with Crippen molar-refractivity contribution in [2.45, 2.75) is 19.8 Å². The molecule has 0 spiro atoms. The standard InChI is InChI=1S/C21H19N3O5S/c1-13(2)14-7-9-16(10-8-14)22-19(25)12-23-20(26)18(30-21(23)27)11-15-5-3-4-6-17(15)24(28)29/h3-11,13H,12H2,1-2H3,(H,22,25)/b18-11+. The number of anilines is 1. The maximum atomic E-state index is 12.6. The molecule has 1 N–H and O–H groups in total. The van der Waals surface area contributed by atoms with E-state index in [2.05, 4.69) is 19.2 Å². The van der Waals surface area contributed by atoms with Crippen molar-refractivity contribution in [3.63, 3.8) is 0 Å². The predicted octanol–water partition coefficient (Wildman–Crippen LogP) is 4.39. The van der Waals surface area contributed by atoms with E-state index in [9.17, 15) is 24.5 Å². The number of hydrogen-bond donors (Lipinski definition) is 1. The van der Waals surface area contributed by atoms with Crippen molar-refractivity contribution in [1.29, 1.82) is 0 Å². The van der Waals surface area contributed by atoms with Crippen LogP contribution in [-0.2, 0) is 9.59 Å². The molecule has 3 rings (SSSR count). The van der Waals surface area contributed by atoms with Gasteiger partial charge < -0.3 is 5.32 Å². The summed E-state index contributed by atoms with van der Waals surface area (Å²) in [6, 6.07) is 13.2. The van der Waals surface area contributed by atoms with Gasteiger partial charge in [-0.05, 0) is 47.5 Å². The quantitative estimate of drug-likeness (QED) is 0.417. The van der Waals surface area contributed by atoms with Gasteiger partial charge in [-0.1, -0.05) is 38.1 Å². The topological polar surface area (TPSA) is 110 Å². The van der Waals surface area contributed by atoms with Crippen LogP contribution in [-0.4, -0.2) is 33.4 Å². The van der Waals surface area contributed by atoms with Gasteiger partial charge in [-0.2, -0.15) is 0 Å². The van der Waals surface area contributed by atoms with Crippen molar-refractivity contribution in [3.05, 3.63) is 74.7 Å². The fraction of sp³-hybridized carbons (Fsp3) is 0.190. The van der Waals surface area contributed by atoms with Crippen LogP contribution in [0.4, 0.5) is 16.2 Å². The van der Waals surface area contributed by atoms with Crippen LogP contribution in [0.3, 0.4) is 0 Å². The molecular formula is C21H19N3O5S. The van der Waals surface area contributed by atoms with Crippen molar-refractivity contribution in [3.8, 4) is 0 Å². The van der Waals surface area contributed by atoms with Gasteiger partial charge in [-0.15, -0.1) is 0 Å². The molecule has 1 aliphatic heterocycles. The van der Waals surface area contributed by atoms with Crippen LogP contribution in [0.5, 0.6) is 0 Å². The number of nitro benzene ring substituents is 1. The van der Waals surface area contributed by atoms with E-state index in [0.717, 1.165) is 10.5 Å². The average Bonchev–Trinajstić information content (AvgIpc) is 2.96. The first-order valence-electron chi connectivity index (χ1n) is 9.15. The number of hydrogen-bond acceptors (Lipinski definition) is 6. The molecule has 154 valence electrons. The van der Waals surface area contributed by atoms with Gasteiger partial charge in [0.2, 0.25) is 5.91 Å². The van der Waals surface area contributed by atoms with Gasteiger partial charge in [0.25, 0.3) is 16.8 Å². The van der Waals surface area contributed by atoms with Crippen LogP contribution in [0, 0.1) is 10.1 Å². The van der Waals surface area contributed by atoms with Crippen molar-refractivity contribution in [1.82, 2.24) is 4.90 Å². The van der Waals surface area contributed by atoms with Crippen molar-refractivity contribution in [2.75, 3.05) is 11.9 Å². The molecule has 0 aliphatic carbocycles. The summed E-state index contributed by atoms with van der Waals surface area (Å²) in [5, 5.41) is 13.2. The first kappa shape index (κ1) is 21.3. The van der Waals surface area contributed by atoms with E-state index < -0.39 is 28.5 Å². The molecule has 1 heterocycles. The van der Waals surface area contributed by atoms with Crippen LogP contribution in [0.25, 0.3) is 6.08 Å². The van der Waals surface area contributed by atoms with Crippen LogP contribution in [0.15, 0.2) is 53.4 Å². The Morgan fingerprint density at radius 1 is 1.17 bits per heavy atom. The molecule has 0 unspecified atom stereocenters. The summed E-state index contributed by atoms with van der Waals surface area (Å²) >= 11 is 0.646. The molecule has 0 aromatic heterocycles. The monoisotopic (exact) mass is 425 g/mol. The lowest BCUT2D eigenvalue weighted by Crippen LogP contribution is -2.36. The molecule has 8 nitrogen and oxygen atoms in total. The van der Waals surface area contributed by atoms with Crippen LogP contribution in [0.2, 0.25) is 0 Å². The average molecular weight is 425 g/mol. The van der Waals surface area contributed by atoms with Crippen LogP contribution in [0.1, 0.15) is 30.9 Å². The number of para-hydroxylation sites is 1. The third kappa shape index (κ3) is 4.74. The molecule has 2 aromatic carbocycles. The lowest BCUT2D eigenvalue weighted by molar-refractivity contribution is -0.385. The molecule has 9 heteroatoms. The van der Waals surface area contributed by atoms with Gasteiger partial charge in [0.05, 0.1) is 15.4 Å². The largest absolute Gasteiger partial charge is 0.325 e. The molecular weight excluding hydrogens is 406 g/mol. The molecule has 0 saturated carbocycles. The van der Waals surface area contributed by atoms with Gasteiger partial charge in [-0.3, -0.25) is 29.4 Å². The summed E-state index contributed by atoms with van der Waals surface area (Å²) in [6.45, 7) is 3.68. The fourth-order valence-electron chi connectivity index (χ4n) is 2.85. The fourth-order valence-corrected chi connectivity index (χ4v) is 3.68. The summed E-state index contributed by atoms with van der Waals surface area (Å²) in [6.07, 6.45) is 1.30. The van der Waals surface area contributed by atoms with E-state index in [1.165, 1.54) is 24.3 Å². The van der Waals surface area contributed by atoms with E-state index in [1.54, 1.807) is 18.2 Å². The molecule has 3 amide bonds. The number of carbonyl (C=O) groups excluding carboxylic acids is 3. The van der Waals surface area contributed by atoms with Gasteiger partial charge in [0.1, 0.15) is 6.54 Å². The summed E-state index contributed by atoms with van der Waals surface area (Å²) in [5.74, 6) is -0.813. The van der Waals surface area contributed by atoms with Gasteiger partial charge >= 0.3 is 0 Å². The number of nitrogens with zero attached hydrogens (tertiary/aromatic N) is 2. The second-order valence-electron chi connectivity index (χ2n) is 6.91. The third-order valence-corrected chi connectivity index (χ3v) is 5.36. The van der Waals surface area contributed by atoms with E-state index in [4.69, 9.17) is 0 Å². The lowest BCUT2D eigenvalue weighted by Gasteiger charge is -2.13. The first-order chi connectivity index (χ1) is 14.3. The summed E-state index contributed by atoms with van der Waals surface area (Å²) in [5.41, 5.74) is 1.72. The predicted molar refractivity (Wildman–Crippen MR) is 115 cm³/mol. The Kier molecular flexibility index (Phi) is 6.31. The first-order valence-corrected chi connectivity index (χ1v) is 9.96. The Bertz CT molecular complexity index is 1050. The molecule has 1 saturated heterocycles. The number of rotatable bonds is 6. The van der Waals surface area contributed by atoms with Crippen molar-refractivity contribution in [2.24, 2.45) is 0 Å². The second kappa shape index (κ2) is 8.91. The number of thioether (sulfide) groups is 1. The molecule has 0 radical (unpaired) electrons. The normalized spacial score (nSPS) is 15.2. The lowest BCUT2D eigenvalue weighted by atomic mass is 10.0. The SMILES string of the molecule is CC(C)c1ccc(NC(=O)CN2C(=O)S/C(=C/c3ccccc3[N+](=O)[O-])C2=O)cc1. The Balaban J connectivity index is 1.70. The van der Waals surface area contributed by atoms with Crippen LogP contribution < -0.4 is 5.32 Å². The molecule has 0 atom stereocenters. The number of nitrogens with one attached hydrogen (secondary N) is 1.